The lowest BCUT2D eigenvalue weighted by Crippen LogP contribution is -2.33. The van der Waals surface area contributed by atoms with Gasteiger partial charge in [-0.15, -0.1) is 0 Å². The number of carbonyl (C=O) groups excluding carboxylic acids is 2. The first-order valence-electron chi connectivity index (χ1n) is 16.0. The lowest BCUT2D eigenvalue weighted by Gasteiger charge is -2.20. The Morgan fingerprint density at radius 3 is 2.10 bits per heavy atom. The molecule has 1 aliphatic rings. The molecule has 1 aliphatic carbocycles. The molecular weight excluding hydrogens is 643 g/mol. The lowest BCUT2D eigenvalue weighted by atomic mass is 10.0. The predicted octanol–water partition coefficient (Wildman–Crippen LogP) is 7.33. The van der Waals surface area contributed by atoms with Crippen molar-refractivity contribution in [2.45, 2.75) is 90.1 Å². The number of alkyl carbamates (subject to hydrolysis) is 1. The van der Waals surface area contributed by atoms with E-state index in [9.17, 15) is 22.8 Å². The summed E-state index contributed by atoms with van der Waals surface area (Å²) in [5.41, 5.74) is 0.915. The third-order valence-electron chi connectivity index (χ3n) is 6.87. The number of amides is 1. The number of halogens is 3. The third-order valence-corrected chi connectivity index (χ3v) is 6.87. The van der Waals surface area contributed by atoms with Gasteiger partial charge in [0.2, 0.25) is 11.9 Å². The van der Waals surface area contributed by atoms with Crippen molar-refractivity contribution >= 4 is 35.3 Å². The van der Waals surface area contributed by atoms with Gasteiger partial charge in [-0.1, -0.05) is 12.1 Å². The van der Waals surface area contributed by atoms with Crippen molar-refractivity contribution in [2.75, 3.05) is 35.6 Å². The molecule has 0 spiro atoms. The molecule has 0 atom stereocenters. The first-order chi connectivity index (χ1) is 22.9. The molecular formula is C34H44F3N7O5. The number of unbranched alkanes of at least 4 members (excludes halogenated alkanes) is 1. The van der Waals surface area contributed by atoms with Gasteiger partial charge < -0.3 is 35.5 Å². The topological polar surface area (TPSA) is 149 Å². The van der Waals surface area contributed by atoms with Crippen LogP contribution in [0.1, 0.15) is 83.1 Å². The average Bonchev–Trinajstić information content (AvgIpc) is 3.77. The number of alkyl halides is 3. The zero-order chi connectivity index (χ0) is 35.9. The van der Waals surface area contributed by atoms with Crippen LogP contribution < -0.4 is 26.0 Å². The second-order valence-corrected chi connectivity index (χ2v) is 13.7. The fourth-order valence-corrected chi connectivity index (χ4v) is 4.57. The fourth-order valence-electron chi connectivity index (χ4n) is 4.57. The molecule has 2 aromatic carbocycles. The van der Waals surface area contributed by atoms with Gasteiger partial charge in [-0.2, -0.15) is 28.1 Å². The number of nitrogens with zero attached hydrogens (tertiary/aromatic N) is 3. The van der Waals surface area contributed by atoms with Gasteiger partial charge in [-0.25, -0.2) is 9.59 Å². The van der Waals surface area contributed by atoms with E-state index < -0.39 is 47.6 Å². The first-order valence-corrected chi connectivity index (χ1v) is 16.0. The Morgan fingerprint density at radius 2 is 1.47 bits per heavy atom. The summed E-state index contributed by atoms with van der Waals surface area (Å²) in [6, 6.07) is 13.6. The van der Waals surface area contributed by atoms with Crippen molar-refractivity contribution in [3.8, 4) is 6.01 Å². The van der Waals surface area contributed by atoms with E-state index in [1.807, 2.05) is 45.0 Å². The number of anilines is 4. The number of hydrogen-bond acceptors (Lipinski definition) is 11. The average molecular weight is 688 g/mol. The molecule has 4 N–H and O–H groups in total. The van der Waals surface area contributed by atoms with E-state index in [1.54, 1.807) is 45.0 Å². The Kier molecular flexibility index (Phi) is 11.5. The molecule has 0 unspecified atom stereocenters. The minimum absolute atomic E-state index is 0.0356. The van der Waals surface area contributed by atoms with E-state index in [1.165, 1.54) is 0 Å². The Morgan fingerprint density at radius 1 is 0.816 bits per heavy atom. The van der Waals surface area contributed by atoms with Gasteiger partial charge in [0.1, 0.15) is 11.2 Å². The van der Waals surface area contributed by atoms with Crippen molar-refractivity contribution in [1.82, 2.24) is 20.3 Å². The van der Waals surface area contributed by atoms with Crippen LogP contribution in [-0.4, -0.2) is 64.1 Å². The number of benzene rings is 2. The Bertz CT molecular complexity index is 1580. The van der Waals surface area contributed by atoms with E-state index >= 15 is 0 Å². The predicted molar refractivity (Wildman–Crippen MR) is 179 cm³/mol. The summed E-state index contributed by atoms with van der Waals surface area (Å²) in [6.45, 7) is 10.3. The van der Waals surface area contributed by atoms with Crippen molar-refractivity contribution in [1.29, 1.82) is 0 Å². The highest BCUT2D eigenvalue weighted by Gasteiger charge is 2.45. The van der Waals surface area contributed by atoms with Crippen LogP contribution in [0.25, 0.3) is 0 Å². The van der Waals surface area contributed by atoms with Crippen LogP contribution in [-0.2, 0) is 15.0 Å². The number of aromatic nitrogens is 3. The summed E-state index contributed by atoms with van der Waals surface area (Å²) in [5, 5.41) is 12.4. The molecule has 0 aliphatic heterocycles. The van der Waals surface area contributed by atoms with Crippen molar-refractivity contribution in [3.63, 3.8) is 0 Å². The van der Waals surface area contributed by atoms with Gasteiger partial charge in [0.15, 0.2) is 6.61 Å². The van der Waals surface area contributed by atoms with Crippen LogP contribution in [0, 0.1) is 0 Å². The molecule has 1 saturated carbocycles. The van der Waals surface area contributed by atoms with Crippen LogP contribution in [0.2, 0.25) is 0 Å². The maximum absolute atomic E-state index is 13.0. The highest BCUT2D eigenvalue weighted by molar-refractivity contribution is 5.90. The van der Waals surface area contributed by atoms with E-state index in [2.05, 4.69) is 36.2 Å². The third kappa shape index (κ3) is 12.6. The molecule has 1 amide bonds. The van der Waals surface area contributed by atoms with E-state index in [0.717, 1.165) is 36.9 Å². The summed E-state index contributed by atoms with van der Waals surface area (Å²) < 4.78 is 54.4. The molecule has 0 radical (unpaired) electrons. The molecule has 49 heavy (non-hydrogen) atoms. The molecule has 1 aromatic heterocycles. The van der Waals surface area contributed by atoms with Gasteiger partial charge in [-0.05, 0) is 109 Å². The van der Waals surface area contributed by atoms with E-state index in [-0.39, 0.29) is 11.9 Å². The van der Waals surface area contributed by atoms with E-state index in [0.29, 0.717) is 24.3 Å². The Hall–Kier alpha value is -4.82. The van der Waals surface area contributed by atoms with Crippen LogP contribution in [0.4, 0.5) is 41.2 Å². The fraction of sp³-hybridized carbons (Fsp3) is 0.500. The van der Waals surface area contributed by atoms with Gasteiger partial charge >= 0.3 is 24.2 Å². The maximum atomic E-state index is 13.0. The molecule has 12 nitrogen and oxygen atoms in total. The molecule has 266 valence electrons. The summed E-state index contributed by atoms with van der Waals surface area (Å²) in [4.78, 5) is 36.7. The van der Waals surface area contributed by atoms with Crippen LogP contribution >= 0.6 is 0 Å². The minimum atomic E-state index is -4.59. The van der Waals surface area contributed by atoms with Gasteiger partial charge in [-0.3, -0.25) is 0 Å². The van der Waals surface area contributed by atoms with Gasteiger partial charge in [0.25, 0.3) is 0 Å². The van der Waals surface area contributed by atoms with E-state index in [4.69, 9.17) is 14.2 Å². The number of carbonyl (C=O) groups is 2. The monoisotopic (exact) mass is 687 g/mol. The number of hydrogen-bond donors (Lipinski definition) is 4. The van der Waals surface area contributed by atoms with Crippen LogP contribution in [0.5, 0.6) is 6.01 Å². The molecule has 1 fully saturated rings. The molecule has 4 rings (SSSR count). The Labute approximate surface area is 283 Å². The van der Waals surface area contributed by atoms with Gasteiger partial charge in [0.05, 0.1) is 11.1 Å². The summed E-state index contributed by atoms with van der Waals surface area (Å²) in [5.74, 6) is -0.504. The quantitative estimate of drug-likeness (QED) is 0.0997. The largest absolute Gasteiger partial charge is 0.456 e. The molecule has 0 saturated heterocycles. The second kappa shape index (κ2) is 15.2. The van der Waals surface area contributed by atoms with Crippen LogP contribution in [0.3, 0.4) is 0 Å². The normalized spacial score (nSPS) is 14.0. The Balaban J connectivity index is 1.41. The molecule has 3 aromatic rings. The number of ether oxygens (including phenoxy) is 3. The summed E-state index contributed by atoms with van der Waals surface area (Å²) in [6.07, 6.45) is -1.97. The summed E-state index contributed by atoms with van der Waals surface area (Å²) in [7, 11) is 0. The SMILES string of the molecule is CC(C)(C)OC(=O)NCCCCNc1cccc(C2(Nc3nc(Nc4ccc(C(=O)OC(C)(C)C)cc4)nc(OCC(F)(F)F)n3)CC2)c1. The zero-order valence-corrected chi connectivity index (χ0v) is 28.6. The van der Waals surface area contributed by atoms with Crippen molar-refractivity contribution < 1.29 is 37.0 Å². The smallest absolute Gasteiger partial charge is 0.422 e. The standard InChI is InChI=1S/C34H44F3N7O5/c1-31(2,3)48-26(45)22-12-14-24(15-13-22)40-27-41-28(43-29(42-27)47-21-34(35,36)37)44-33(16-17-33)23-10-9-11-25(20-23)38-18-7-8-19-39-30(46)49-32(4,5)6/h9-15,20,38H,7-8,16-19,21H2,1-6H3,(H,39,46)(H2,40,41,42,43,44). The number of nitrogens with one attached hydrogen (secondary N) is 4. The number of rotatable bonds is 14. The highest BCUT2D eigenvalue weighted by Crippen LogP contribution is 2.48. The molecule has 0 bridgehead atoms. The van der Waals surface area contributed by atoms with Crippen molar-refractivity contribution in [2.24, 2.45) is 0 Å². The second-order valence-electron chi connectivity index (χ2n) is 13.7. The highest BCUT2D eigenvalue weighted by atomic mass is 19.4. The maximum Gasteiger partial charge on any atom is 0.422 e. The minimum Gasteiger partial charge on any atom is -0.456 e. The zero-order valence-electron chi connectivity index (χ0n) is 28.6. The van der Waals surface area contributed by atoms with Crippen molar-refractivity contribution in [3.05, 3.63) is 59.7 Å². The van der Waals surface area contributed by atoms with Gasteiger partial charge in [0, 0.05) is 24.5 Å². The summed E-state index contributed by atoms with van der Waals surface area (Å²) >= 11 is 0. The van der Waals surface area contributed by atoms with Crippen LogP contribution in [0.15, 0.2) is 48.5 Å². The molecule has 15 heteroatoms. The first kappa shape index (κ1) is 37.0. The molecule has 1 heterocycles. The number of esters is 1. The lowest BCUT2D eigenvalue weighted by molar-refractivity contribution is -0.154.